The predicted octanol–water partition coefficient (Wildman–Crippen LogP) is 3.03. The molecular formula is C22H24N4O2S. The van der Waals surface area contributed by atoms with E-state index in [1.165, 1.54) is 11.3 Å². The molecule has 1 aromatic heterocycles. The van der Waals surface area contributed by atoms with Gasteiger partial charge in [-0.15, -0.1) is 11.3 Å². The van der Waals surface area contributed by atoms with E-state index >= 15 is 0 Å². The molecule has 0 aliphatic heterocycles. The fourth-order valence-electron chi connectivity index (χ4n) is 2.74. The molecule has 0 atom stereocenters. The third-order valence-corrected chi connectivity index (χ3v) is 5.21. The Morgan fingerprint density at radius 3 is 2.38 bits per heavy atom. The van der Waals surface area contributed by atoms with Gasteiger partial charge in [0.2, 0.25) is 0 Å². The Hall–Kier alpha value is -3.03. The van der Waals surface area contributed by atoms with Crippen molar-refractivity contribution in [3.8, 4) is 10.4 Å². The van der Waals surface area contributed by atoms with Gasteiger partial charge in [-0.1, -0.05) is 42.5 Å². The van der Waals surface area contributed by atoms with Crippen molar-refractivity contribution in [2.24, 2.45) is 0 Å². The molecule has 0 saturated heterocycles. The molecular weight excluding hydrogens is 384 g/mol. The number of hydrogen-bond donors (Lipinski definition) is 2. The Kier molecular flexibility index (Phi) is 7.10. The molecule has 0 spiro atoms. The van der Waals surface area contributed by atoms with Gasteiger partial charge in [-0.2, -0.15) is 0 Å². The highest BCUT2D eigenvalue weighted by Crippen LogP contribution is 2.27. The highest BCUT2D eigenvalue weighted by molar-refractivity contribution is 7.13. The van der Waals surface area contributed by atoms with E-state index in [1.807, 2.05) is 61.5 Å². The number of aromatic nitrogens is 1. The topological polar surface area (TPSA) is 74.3 Å². The summed E-state index contributed by atoms with van der Waals surface area (Å²) in [6.07, 6.45) is 0. The normalized spacial score (nSPS) is 10.7. The predicted molar refractivity (Wildman–Crippen MR) is 116 cm³/mol. The minimum atomic E-state index is -0.212. The first-order valence-corrected chi connectivity index (χ1v) is 10.2. The lowest BCUT2D eigenvalue weighted by Crippen LogP contribution is -2.31. The van der Waals surface area contributed by atoms with E-state index in [1.54, 1.807) is 17.6 Å². The summed E-state index contributed by atoms with van der Waals surface area (Å²) < 4.78 is 0. The van der Waals surface area contributed by atoms with Crippen LogP contribution in [0.1, 0.15) is 26.4 Å². The summed E-state index contributed by atoms with van der Waals surface area (Å²) in [5.41, 5.74) is 4.60. The molecule has 7 heteroatoms. The van der Waals surface area contributed by atoms with Crippen LogP contribution in [0, 0.1) is 0 Å². The van der Waals surface area contributed by atoms with Crippen LogP contribution >= 0.6 is 11.3 Å². The number of nitrogens with zero attached hydrogens (tertiary/aromatic N) is 2. The van der Waals surface area contributed by atoms with Gasteiger partial charge in [0, 0.05) is 25.2 Å². The molecule has 2 N–H and O–H groups in total. The van der Waals surface area contributed by atoms with E-state index in [2.05, 4.69) is 15.6 Å². The number of nitrogens with one attached hydrogen (secondary N) is 2. The maximum Gasteiger partial charge on any atom is 0.271 e. The summed E-state index contributed by atoms with van der Waals surface area (Å²) in [5.74, 6) is -0.312. The molecule has 29 heavy (non-hydrogen) atoms. The number of benzene rings is 2. The van der Waals surface area contributed by atoms with Gasteiger partial charge in [-0.05, 0) is 37.4 Å². The zero-order valence-electron chi connectivity index (χ0n) is 16.5. The molecule has 2 amide bonds. The Labute approximate surface area is 174 Å². The summed E-state index contributed by atoms with van der Waals surface area (Å²) in [5, 5.41) is 5.79. The molecule has 0 aliphatic carbocycles. The van der Waals surface area contributed by atoms with Gasteiger partial charge in [0.25, 0.3) is 11.8 Å². The Morgan fingerprint density at radius 1 is 0.966 bits per heavy atom. The number of hydrogen-bond acceptors (Lipinski definition) is 5. The number of rotatable bonds is 8. The van der Waals surface area contributed by atoms with Gasteiger partial charge in [-0.3, -0.25) is 9.59 Å². The van der Waals surface area contributed by atoms with Crippen LogP contribution in [0.2, 0.25) is 0 Å². The minimum Gasteiger partial charge on any atom is -0.351 e. The van der Waals surface area contributed by atoms with Gasteiger partial charge in [0.1, 0.15) is 5.69 Å². The van der Waals surface area contributed by atoms with Gasteiger partial charge in [0.15, 0.2) is 0 Å². The second-order valence-electron chi connectivity index (χ2n) is 6.83. The summed E-state index contributed by atoms with van der Waals surface area (Å²) in [6.45, 7) is 1.76. The van der Waals surface area contributed by atoms with Crippen LogP contribution < -0.4 is 10.6 Å². The zero-order chi connectivity index (χ0) is 20.6. The third-order valence-electron chi connectivity index (χ3n) is 4.33. The van der Waals surface area contributed by atoms with Gasteiger partial charge >= 0.3 is 0 Å². The first kappa shape index (κ1) is 20.7. The molecule has 1 heterocycles. The van der Waals surface area contributed by atoms with Crippen molar-refractivity contribution in [2.75, 3.05) is 27.2 Å². The number of thiazole rings is 1. The van der Waals surface area contributed by atoms with Crippen LogP contribution in [-0.2, 0) is 6.54 Å². The highest BCUT2D eigenvalue weighted by atomic mass is 32.1. The van der Waals surface area contributed by atoms with E-state index in [9.17, 15) is 9.59 Å². The number of carbonyl (C=O) groups is 2. The lowest BCUT2D eigenvalue weighted by Gasteiger charge is -2.11. The summed E-state index contributed by atoms with van der Waals surface area (Å²) >= 11 is 1.45. The van der Waals surface area contributed by atoms with E-state index in [0.29, 0.717) is 24.3 Å². The molecule has 0 radical (unpaired) electrons. The monoisotopic (exact) mass is 408 g/mol. The van der Waals surface area contributed by atoms with Crippen LogP contribution in [0.15, 0.2) is 60.1 Å². The first-order chi connectivity index (χ1) is 14.0. The third kappa shape index (κ3) is 5.73. The van der Waals surface area contributed by atoms with Crippen LogP contribution in [0.5, 0.6) is 0 Å². The van der Waals surface area contributed by atoms with Crippen molar-refractivity contribution >= 4 is 23.2 Å². The highest BCUT2D eigenvalue weighted by Gasteiger charge is 2.16. The second-order valence-corrected chi connectivity index (χ2v) is 7.69. The van der Waals surface area contributed by atoms with Crippen molar-refractivity contribution in [2.45, 2.75) is 6.54 Å². The largest absolute Gasteiger partial charge is 0.351 e. The molecule has 0 aliphatic rings. The van der Waals surface area contributed by atoms with Crippen LogP contribution in [-0.4, -0.2) is 48.9 Å². The zero-order valence-corrected chi connectivity index (χ0v) is 17.3. The lowest BCUT2D eigenvalue weighted by atomic mass is 10.1. The Balaban J connectivity index is 1.56. The summed E-state index contributed by atoms with van der Waals surface area (Å²) in [7, 11) is 3.92. The van der Waals surface area contributed by atoms with Crippen molar-refractivity contribution in [3.63, 3.8) is 0 Å². The average Bonchev–Trinajstić information content (AvgIpc) is 3.23. The van der Waals surface area contributed by atoms with E-state index in [0.717, 1.165) is 22.5 Å². The van der Waals surface area contributed by atoms with Crippen LogP contribution in [0.4, 0.5) is 0 Å². The fraction of sp³-hybridized carbons (Fsp3) is 0.227. The second kappa shape index (κ2) is 9.95. The molecule has 0 fully saturated rings. The summed E-state index contributed by atoms with van der Waals surface area (Å²) in [6, 6.07) is 17.0. The van der Waals surface area contributed by atoms with Gasteiger partial charge in [0.05, 0.1) is 10.4 Å². The Bertz CT molecular complexity index is 952. The molecule has 150 valence electrons. The van der Waals surface area contributed by atoms with Gasteiger partial charge in [-0.25, -0.2) is 4.98 Å². The van der Waals surface area contributed by atoms with Crippen molar-refractivity contribution in [1.29, 1.82) is 0 Å². The van der Waals surface area contributed by atoms with Crippen LogP contribution in [0.25, 0.3) is 10.4 Å². The van der Waals surface area contributed by atoms with Gasteiger partial charge < -0.3 is 15.5 Å². The first-order valence-electron chi connectivity index (χ1n) is 9.33. The summed E-state index contributed by atoms with van der Waals surface area (Å²) in [4.78, 5) is 31.8. The molecule has 3 aromatic rings. The van der Waals surface area contributed by atoms with Crippen molar-refractivity contribution < 1.29 is 9.59 Å². The molecule has 6 nitrogen and oxygen atoms in total. The standard InChI is InChI=1S/C22H24N4O2S/c1-26(2)13-12-23-21(27)18-10-8-16(9-11-18)14-24-22(28)19-20(29-15-25-19)17-6-4-3-5-7-17/h3-11,15H,12-14H2,1-2H3,(H,23,27)(H,24,28). The maximum atomic E-state index is 12.6. The quantitative estimate of drug-likeness (QED) is 0.601. The SMILES string of the molecule is CN(C)CCNC(=O)c1ccc(CNC(=O)c2ncsc2-c2ccccc2)cc1. The van der Waals surface area contributed by atoms with E-state index in [4.69, 9.17) is 0 Å². The maximum absolute atomic E-state index is 12.6. The average molecular weight is 409 g/mol. The molecule has 0 unspecified atom stereocenters. The van der Waals surface area contributed by atoms with E-state index in [-0.39, 0.29) is 11.8 Å². The molecule has 2 aromatic carbocycles. The number of carbonyl (C=O) groups excluding carboxylic acids is 2. The van der Waals surface area contributed by atoms with Crippen LogP contribution in [0.3, 0.4) is 0 Å². The minimum absolute atomic E-state index is 0.0996. The smallest absolute Gasteiger partial charge is 0.271 e. The lowest BCUT2D eigenvalue weighted by molar-refractivity contribution is 0.0939. The molecule has 0 saturated carbocycles. The van der Waals surface area contributed by atoms with E-state index < -0.39 is 0 Å². The number of likely N-dealkylation sites (N-methyl/N-ethyl adjacent to an activating group) is 1. The Morgan fingerprint density at radius 2 is 1.69 bits per heavy atom. The molecule has 0 bridgehead atoms. The molecule has 3 rings (SSSR count). The number of amides is 2. The fourth-order valence-corrected chi connectivity index (χ4v) is 3.53. The van der Waals surface area contributed by atoms with Crippen molar-refractivity contribution in [3.05, 3.63) is 76.9 Å². The van der Waals surface area contributed by atoms with Crippen molar-refractivity contribution in [1.82, 2.24) is 20.5 Å².